The van der Waals surface area contributed by atoms with Crippen LogP contribution in [-0.2, 0) is 17.4 Å². The minimum Gasteiger partial charge on any atom is -0.486 e. The number of amides is 1. The van der Waals surface area contributed by atoms with Crippen molar-refractivity contribution in [3.05, 3.63) is 59.7 Å². The van der Waals surface area contributed by atoms with Gasteiger partial charge < -0.3 is 14.4 Å². The molecule has 27 heavy (non-hydrogen) atoms. The van der Waals surface area contributed by atoms with E-state index >= 15 is 0 Å². The Labute approximate surface area is 155 Å². The van der Waals surface area contributed by atoms with Gasteiger partial charge in [-0.1, -0.05) is 30.3 Å². The van der Waals surface area contributed by atoms with Crippen LogP contribution >= 0.6 is 0 Å². The van der Waals surface area contributed by atoms with Gasteiger partial charge in [0.05, 0.1) is 18.5 Å². The molecule has 0 N–H and O–H groups in total. The van der Waals surface area contributed by atoms with Crippen molar-refractivity contribution in [2.24, 2.45) is 0 Å². The van der Waals surface area contributed by atoms with Gasteiger partial charge in [0, 0.05) is 6.54 Å². The Morgan fingerprint density at radius 2 is 1.89 bits per heavy atom. The van der Waals surface area contributed by atoms with Crippen LogP contribution in [0.4, 0.5) is 13.2 Å². The Balaban J connectivity index is 1.63. The van der Waals surface area contributed by atoms with E-state index in [-0.39, 0.29) is 18.4 Å². The van der Waals surface area contributed by atoms with Gasteiger partial charge in [0.2, 0.25) is 5.91 Å². The van der Waals surface area contributed by atoms with E-state index in [9.17, 15) is 18.0 Å². The lowest BCUT2D eigenvalue weighted by molar-refractivity contribution is -0.138. The maximum Gasteiger partial charge on any atom is 0.416 e. The molecule has 0 unspecified atom stereocenters. The number of nitrogens with zero attached hydrogens (tertiary/aromatic N) is 1. The fourth-order valence-electron chi connectivity index (χ4n) is 2.95. The summed E-state index contributed by atoms with van der Waals surface area (Å²) in [6.07, 6.45) is -4.85. The molecule has 0 saturated carbocycles. The van der Waals surface area contributed by atoms with Crippen molar-refractivity contribution in [3.63, 3.8) is 0 Å². The first-order valence-corrected chi connectivity index (χ1v) is 8.69. The molecule has 1 amide bonds. The SMILES string of the molecule is CCN(C[C@H]1COc2ccccc2O1)C(=O)Cc1cccc(C(F)(F)F)c1. The number of carbonyl (C=O) groups excluding carboxylic acids is 1. The average molecular weight is 379 g/mol. The lowest BCUT2D eigenvalue weighted by Gasteiger charge is -2.31. The molecule has 7 heteroatoms. The number of halogens is 3. The predicted octanol–water partition coefficient (Wildman–Crippen LogP) is 3.94. The maximum atomic E-state index is 12.8. The average Bonchev–Trinajstić information content (AvgIpc) is 2.65. The van der Waals surface area contributed by atoms with E-state index in [1.54, 1.807) is 11.0 Å². The minimum absolute atomic E-state index is 0.0953. The molecule has 144 valence electrons. The number of alkyl halides is 3. The van der Waals surface area contributed by atoms with E-state index in [0.29, 0.717) is 36.8 Å². The highest BCUT2D eigenvalue weighted by Crippen LogP contribution is 2.31. The Bertz CT molecular complexity index is 807. The fourth-order valence-corrected chi connectivity index (χ4v) is 2.95. The first kappa shape index (κ1) is 19.1. The van der Waals surface area contributed by atoms with Crippen molar-refractivity contribution in [1.29, 1.82) is 0 Å². The summed E-state index contributed by atoms with van der Waals surface area (Å²) in [5.41, 5.74) is -0.420. The zero-order valence-corrected chi connectivity index (χ0v) is 14.8. The summed E-state index contributed by atoms with van der Waals surface area (Å²) in [7, 11) is 0. The maximum absolute atomic E-state index is 12.8. The fraction of sp³-hybridized carbons (Fsp3) is 0.350. The van der Waals surface area contributed by atoms with Gasteiger partial charge in [0.1, 0.15) is 6.61 Å². The van der Waals surface area contributed by atoms with Gasteiger partial charge in [0.25, 0.3) is 0 Å². The number of benzene rings is 2. The highest BCUT2D eigenvalue weighted by atomic mass is 19.4. The van der Waals surface area contributed by atoms with Crippen molar-refractivity contribution < 1.29 is 27.4 Å². The highest BCUT2D eigenvalue weighted by Gasteiger charge is 2.31. The van der Waals surface area contributed by atoms with Gasteiger partial charge >= 0.3 is 6.18 Å². The molecule has 3 rings (SSSR count). The first-order valence-electron chi connectivity index (χ1n) is 8.69. The van der Waals surface area contributed by atoms with Crippen LogP contribution < -0.4 is 9.47 Å². The first-order chi connectivity index (χ1) is 12.9. The third-order valence-corrected chi connectivity index (χ3v) is 4.34. The predicted molar refractivity (Wildman–Crippen MR) is 93.8 cm³/mol. The Morgan fingerprint density at radius 3 is 2.59 bits per heavy atom. The molecule has 4 nitrogen and oxygen atoms in total. The van der Waals surface area contributed by atoms with Crippen LogP contribution in [0.3, 0.4) is 0 Å². The van der Waals surface area contributed by atoms with Crippen molar-refractivity contribution in [1.82, 2.24) is 4.90 Å². The quantitative estimate of drug-likeness (QED) is 0.790. The van der Waals surface area contributed by atoms with Crippen LogP contribution in [0.2, 0.25) is 0 Å². The molecule has 1 aliphatic heterocycles. The van der Waals surface area contributed by atoms with E-state index in [1.165, 1.54) is 12.1 Å². The number of hydrogen-bond donors (Lipinski definition) is 0. The summed E-state index contributed by atoms with van der Waals surface area (Å²) < 4.78 is 50.0. The Morgan fingerprint density at radius 1 is 1.15 bits per heavy atom. The number of para-hydroxylation sites is 2. The van der Waals surface area contributed by atoms with Gasteiger partial charge in [-0.25, -0.2) is 0 Å². The van der Waals surface area contributed by atoms with Crippen LogP contribution in [0, 0.1) is 0 Å². The van der Waals surface area contributed by atoms with Crippen LogP contribution in [0.25, 0.3) is 0 Å². The Kier molecular flexibility index (Phi) is 5.58. The molecule has 0 aromatic heterocycles. The molecule has 0 fully saturated rings. The van der Waals surface area contributed by atoms with Crippen LogP contribution in [0.5, 0.6) is 11.5 Å². The van der Waals surface area contributed by atoms with Crippen LogP contribution in [-0.4, -0.2) is 36.6 Å². The van der Waals surface area contributed by atoms with E-state index in [1.807, 2.05) is 25.1 Å². The lowest BCUT2D eigenvalue weighted by Crippen LogP contribution is -2.44. The van der Waals surface area contributed by atoms with Crippen molar-refractivity contribution in [2.75, 3.05) is 19.7 Å². The number of ether oxygens (including phenoxy) is 2. The summed E-state index contributed by atoms with van der Waals surface area (Å²) in [6, 6.07) is 12.1. The number of likely N-dealkylation sites (N-methyl/N-ethyl adjacent to an activating group) is 1. The molecule has 2 aromatic rings. The molecular formula is C20H20F3NO3. The number of carbonyl (C=O) groups is 1. The highest BCUT2D eigenvalue weighted by molar-refractivity contribution is 5.78. The molecule has 1 atom stereocenters. The molecule has 1 aliphatic rings. The molecular weight excluding hydrogens is 359 g/mol. The van der Waals surface area contributed by atoms with E-state index in [2.05, 4.69) is 0 Å². The second-order valence-corrected chi connectivity index (χ2v) is 6.30. The van der Waals surface area contributed by atoms with E-state index in [0.717, 1.165) is 12.1 Å². The van der Waals surface area contributed by atoms with Gasteiger partial charge in [-0.3, -0.25) is 4.79 Å². The molecule has 0 radical (unpaired) electrons. The Hall–Kier alpha value is -2.70. The number of fused-ring (bicyclic) bond motifs is 1. The summed E-state index contributed by atoms with van der Waals surface area (Å²) >= 11 is 0. The van der Waals surface area contributed by atoms with Gasteiger partial charge in [-0.15, -0.1) is 0 Å². The zero-order chi connectivity index (χ0) is 19.4. The standard InChI is InChI=1S/C20H20F3NO3/c1-2-24(12-16-13-26-17-8-3-4-9-18(17)27-16)19(25)11-14-6-5-7-15(10-14)20(21,22)23/h3-10,16H,2,11-13H2,1H3/t16-/m0/s1. The van der Waals surface area contributed by atoms with Gasteiger partial charge in [0.15, 0.2) is 17.6 Å². The normalized spacial score (nSPS) is 16.1. The lowest BCUT2D eigenvalue weighted by atomic mass is 10.1. The summed E-state index contributed by atoms with van der Waals surface area (Å²) in [4.78, 5) is 14.1. The third kappa shape index (κ3) is 4.72. The smallest absolute Gasteiger partial charge is 0.416 e. The second kappa shape index (κ2) is 7.90. The monoisotopic (exact) mass is 379 g/mol. The molecule has 1 heterocycles. The minimum atomic E-state index is -4.43. The number of hydrogen-bond acceptors (Lipinski definition) is 3. The van der Waals surface area contributed by atoms with E-state index < -0.39 is 11.7 Å². The second-order valence-electron chi connectivity index (χ2n) is 6.30. The van der Waals surface area contributed by atoms with Crippen LogP contribution in [0.1, 0.15) is 18.1 Å². The summed E-state index contributed by atoms with van der Waals surface area (Å²) in [5.74, 6) is 1.03. The molecule has 0 saturated heterocycles. The van der Waals surface area contributed by atoms with Crippen molar-refractivity contribution in [3.8, 4) is 11.5 Å². The van der Waals surface area contributed by atoms with Gasteiger partial charge in [-0.05, 0) is 30.7 Å². The molecule has 0 spiro atoms. The topological polar surface area (TPSA) is 38.8 Å². The van der Waals surface area contributed by atoms with Crippen LogP contribution in [0.15, 0.2) is 48.5 Å². The summed E-state index contributed by atoms with van der Waals surface area (Å²) in [5, 5.41) is 0. The molecule has 0 aliphatic carbocycles. The number of rotatable bonds is 5. The zero-order valence-electron chi connectivity index (χ0n) is 14.8. The van der Waals surface area contributed by atoms with Crippen molar-refractivity contribution in [2.45, 2.75) is 25.6 Å². The molecule has 2 aromatic carbocycles. The largest absolute Gasteiger partial charge is 0.486 e. The van der Waals surface area contributed by atoms with E-state index in [4.69, 9.17) is 9.47 Å². The molecule has 0 bridgehead atoms. The van der Waals surface area contributed by atoms with Crippen molar-refractivity contribution >= 4 is 5.91 Å². The van der Waals surface area contributed by atoms with Gasteiger partial charge in [-0.2, -0.15) is 13.2 Å². The third-order valence-electron chi connectivity index (χ3n) is 4.34. The summed E-state index contributed by atoms with van der Waals surface area (Å²) in [6.45, 7) is 2.87.